The Morgan fingerprint density at radius 2 is 2.44 bits per heavy atom. The summed E-state index contributed by atoms with van der Waals surface area (Å²) in [6.45, 7) is 2.95. The summed E-state index contributed by atoms with van der Waals surface area (Å²) in [6, 6.07) is 4.40. The molecule has 2 atom stereocenters. The molecule has 1 aliphatic rings. The summed E-state index contributed by atoms with van der Waals surface area (Å²) < 4.78 is 5.57. The van der Waals surface area contributed by atoms with Gasteiger partial charge in [0, 0.05) is 25.7 Å². The molecule has 0 amide bonds. The molecule has 1 aliphatic heterocycles. The van der Waals surface area contributed by atoms with Gasteiger partial charge in [-0.25, -0.2) is 4.98 Å². The molecule has 0 saturated carbocycles. The average molecular weight is 241 g/mol. The van der Waals surface area contributed by atoms with Crippen LogP contribution >= 0.6 is 11.6 Å². The van der Waals surface area contributed by atoms with Gasteiger partial charge in [-0.3, -0.25) is 0 Å². The maximum absolute atomic E-state index is 5.82. The molecule has 0 radical (unpaired) electrons. The summed E-state index contributed by atoms with van der Waals surface area (Å²) in [5, 5.41) is 0. The molecule has 0 aliphatic carbocycles. The van der Waals surface area contributed by atoms with Gasteiger partial charge in [0.2, 0.25) is 0 Å². The third kappa shape index (κ3) is 2.30. The molecule has 2 heterocycles. The van der Waals surface area contributed by atoms with E-state index in [0.717, 1.165) is 24.4 Å². The van der Waals surface area contributed by atoms with Crippen LogP contribution in [0.2, 0.25) is 0 Å². The molecular formula is C12H17ClN2O. The molecule has 0 spiro atoms. The van der Waals surface area contributed by atoms with Gasteiger partial charge >= 0.3 is 0 Å². The fraction of sp³-hybridized carbons (Fsp3) is 0.583. The summed E-state index contributed by atoms with van der Waals surface area (Å²) in [5.41, 5.74) is 1.10. The number of likely N-dealkylation sites (N-methyl/N-ethyl adjacent to an activating group) is 1. The first-order chi connectivity index (χ1) is 7.72. The van der Waals surface area contributed by atoms with Crippen LogP contribution in [0.15, 0.2) is 18.3 Å². The number of hydrogen-bond donors (Lipinski definition) is 0. The van der Waals surface area contributed by atoms with E-state index >= 15 is 0 Å². The van der Waals surface area contributed by atoms with Crippen LogP contribution in [0.4, 0.5) is 5.82 Å². The number of rotatable bonds is 3. The summed E-state index contributed by atoms with van der Waals surface area (Å²) in [7, 11) is 2.07. The van der Waals surface area contributed by atoms with Crippen molar-refractivity contribution in [1.29, 1.82) is 0 Å². The van der Waals surface area contributed by atoms with E-state index in [9.17, 15) is 0 Å². The standard InChI is InChI=1S/C12H17ClN2O/c1-9-11(4-6-16-9)15(2)12-7-10(8-13)3-5-14-12/h3,5,7,9,11H,4,6,8H2,1-2H3. The van der Waals surface area contributed by atoms with Crippen LogP contribution < -0.4 is 4.90 Å². The monoisotopic (exact) mass is 240 g/mol. The topological polar surface area (TPSA) is 25.4 Å². The quantitative estimate of drug-likeness (QED) is 0.759. The number of anilines is 1. The highest BCUT2D eigenvalue weighted by molar-refractivity contribution is 6.17. The van der Waals surface area contributed by atoms with E-state index in [-0.39, 0.29) is 6.10 Å². The molecule has 1 aromatic heterocycles. The molecule has 16 heavy (non-hydrogen) atoms. The molecule has 2 rings (SSSR count). The fourth-order valence-electron chi connectivity index (χ4n) is 2.14. The van der Waals surface area contributed by atoms with Gasteiger partial charge in [-0.15, -0.1) is 11.6 Å². The van der Waals surface area contributed by atoms with Crippen molar-refractivity contribution >= 4 is 17.4 Å². The number of halogens is 1. The van der Waals surface area contributed by atoms with E-state index in [1.165, 1.54) is 0 Å². The number of pyridine rings is 1. The summed E-state index contributed by atoms with van der Waals surface area (Å²) >= 11 is 5.82. The van der Waals surface area contributed by atoms with Crippen molar-refractivity contribution in [2.45, 2.75) is 31.4 Å². The maximum Gasteiger partial charge on any atom is 0.128 e. The van der Waals surface area contributed by atoms with Crippen molar-refractivity contribution in [2.24, 2.45) is 0 Å². The zero-order valence-electron chi connectivity index (χ0n) is 9.69. The second-order valence-electron chi connectivity index (χ2n) is 4.20. The van der Waals surface area contributed by atoms with Crippen LogP contribution in [0, 0.1) is 0 Å². The van der Waals surface area contributed by atoms with Crippen LogP contribution in [-0.2, 0) is 10.6 Å². The minimum absolute atomic E-state index is 0.270. The Morgan fingerprint density at radius 3 is 3.06 bits per heavy atom. The van der Waals surface area contributed by atoms with E-state index in [2.05, 4.69) is 23.9 Å². The summed E-state index contributed by atoms with van der Waals surface area (Å²) in [5.74, 6) is 1.50. The van der Waals surface area contributed by atoms with Crippen molar-refractivity contribution in [3.63, 3.8) is 0 Å². The van der Waals surface area contributed by atoms with Crippen molar-refractivity contribution in [2.75, 3.05) is 18.6 Å². The van der Waals surface area contributed by atoms with Crippen LogP contribution in [-0.4, -0.2) is 30.8 Å². The molecule has 4 heteroatoms. The first-order valence-electron chi connectivity index (χ1n) is 5.57. The second kappa shape index (κ2) is 5.02. The van der Waals surface area contributed by atoms with Crippen LogP contribution in [0.5, 0.6) is 0 Å². The smallest absolute Gasteiger partial charge is 0.128 e. The normalized spacial score (nSPS) is 24.7. The van der Waals surface area contributed by atoms with Crippen molar-refractivity contribution in [3.05, 3.63) is 23.9 Å². The first-order valence-corrected chi connectivity index (χ1v) is 6.11. The van der Waals surface area contributed by atoms with Crippen LogP contribution in [0.25, 0.3) is 0 Å². The van der Waals surface area contributed by atoms with E-state index in [4.69, 9.17) is 16.3 Å². The Labute approximate surface area is 101 Å². The molecule has 1 saturated heterocycles. The van der Waals surface area contributed by atoms with Gasteiger partial charge in [0.05, 0.1) is 12.1 Å². The number of ether oxygens (including phenoxy) is 1. The lowest BCUT2D eigenvalue weighted by Gasteiger charge is -2.27. The number of alkyl halides is 1. The maximum atomic E-state index is 5.82. The second-order valence-corrected chi connectivity index (χ2v) is 4.47. The predicted molar refractivity (Wildman–Crippen MR) is 66.0 cm³/mol. The molecule has 0 bridgehead atoms. The Morgan fingerprint density at radius 1 is 1.62 bits per heavy atom. The van der Waals surface area contributed by atoms with E-state index in [0.29, 0.717) is 11.9 Å². The first kappa shape index (κ1) is 11.7. The van der Waals surface area contributed by atoms with Crippen molar-refractivity contribution in [3.8, 4) is 0 Å². The number of nitrogens with zero attached hydrogens (tertiary/aromatic N) is 2. The molecule has 1 fully saturated rings. The predicted octanol–water partition coefficient (Wildman–Crippen LogP) is 2.43. The zero-order chi connectivity index (χ0) is 11.5. The zero-order valence-corrected chi connectivity index (χ0v) is 10.4. The molecule has 88 valence electrons. The fourth-order valence-corrected chi connectivity index (χ4v) is 2.30. The van der Waals surface area contributed by atoms with Crippen molar-refractivity contribution < 1.29 is 4.74 Å². The number of aromatic nitrogens is 1. The van der Waals surface area contributed by atoms with Crippen molar-refractivity contribution in [1.82, 2.24) is 4.98 Å². The highest BCUT2D eigenvalue weighted by atomic mass is 35.5. The highest BCUT2D eigenvalue weighted by Crippen LogP contribution is 2.23. The van der Waals surface area contributed by atoms with Crippen LogP contribution in [0.3, 0.4) is 0 Å². The summed E-state index contributed by atoms with van der Waals surface area (Å²) in [6.07, 6.45) is 3.14. The van der Waals surface area contributed by atoms with Gasteiger partial charge in [-0.1, -0.05) is 0 Å². The minimum atomic E-state index is 0.270. The highest BCUT2D eigenvalue weighted by Gasteiger charge is 2.28. The lowest BCUT2D eigenvalue weighted by molar-refractivity contribution is 0.118. The summed E-state index contributed by atoms with van der Waals surface area (Å²) in [4.78, 5) is 6.57. The molecule has 2 unspecified atom stereocenters. The van der Waals surface area contributed by atoms with Gasteiger partial charge in [-0.2, -0.15) is 0 Å². The minimum Gasteiger partial charge on any atom is -0.376 e. The van der Waals surface area contributed by atoms with E-state index in [1.807, 2.05) is 18.3 Å². The number of hydrogen-bond acceptors (Lipinski definition) is 3. The molecule has 0 aromatic carbocycles. The molecule has 0 N–H and O–H groups in total. The molecule has 1 aromatic rings. The Balaban J connectivity index is 2.16. The third-order valence-electron chi connectivity index (χ3n) is 3.16. The lowest BCUT2D eigenvalue weighted by atomic mass is 10.1. The molecular weight excluding hydrogens is 224 g/mol. The van der Waals surface area contributed by atoms with Gasteiger partial charge in [0.1, 0.15) is 5.82 Å². The van der Waals surface area contributed by atoms with Crippen LogP contribution in [0.1, 0.15) is 18.9 Å². The van der Waals surface area contributed by atoms with E-state index < -0.39 is 0 Å². The SMILES string of the molecule is CC1OCCC1N(C)c1cc(CCl)ccn1. The van der Waals surface area contributed by atoms with Gasteiger partial charge in [0.25, 0.3) is 0 Å². The van der Waals surface area contributed by atoms with Gasteiger partial charge in [0.15, 0.2) is 0 Å². The third-order valence-corrected chi connectivity index (χ3v) is 3.47. The van der Waals surface area contributed by atoms with Gasteiger partial charge < -0.3 is 9.64 Å². The lowest BCUT2D eigenvalue weighted by Crippen LogP contribution is -2.37. The van der Waals surface area contributed by atoms with E-state index in [1.54, 1.807) is 0 Å². The largest absolute Gasteiger partial charge is 0.376 e. The molecule has 3 nitrogen and oxygen atoms in total. The van der Waals surface area contributed by atoms with Gasteiger partial charge in [-0.05, 0) is 31.0 Å². The average Bonchev–Trinajstić information content (AvgIpc) is 2.74. The Hall–Kier alpha value is -0.800. The Bertz CT molecular complexity index is 359. The Kier molecular flexibility index (Phi) is 3.66.